The SMILES string of the molecule is CCNC(Cc1ncc[nH]1)C1CC1c1ccccc1. The molecule has 0 spiro atoms. The van der Waals surface area contributed by atoms with Crippen LogP contribution in [0, 0.1) is 5.92 Å². The van der Waals surface area contributed by atoms with E-state index in [9.17, 15) is 0 Å². The van der Waals surface area contributed by atoms with E-state index in [1.807, 2.05) is 12.4 Å². The molecular weight excluding hydrogens is 234 g/mol. The minimum atomic E-state index is 0.529. The number of nitrogens with zero attached hydrogens (tertiary/aromatic N) is 1. The van der Waals surface area contributed by atoms with E-state index in [0.717, 1.165) is 30.6 Å². The quantitative estimate of drug-likeness (QED) is 0.833. The van der Waals surface area contributed by atoms with Crippen LogP contribution in [0.3, 0.4) is 0 Å². The Morgan fingerprint density at radius 3 is 2.89 bits per heavy atom. The van der Waals surface area contributed by atoms with Gasteiger partial charge in [0.2, 0.25) is 0 Å². The summed E-state index contributed by atoms with van der Waals surface area (Å²) in [5.74, 6) is 2.55. The van der Waals surface area contributed by atoms with E-state index in [1.165, 1.54) is 12.0 Å². The predicted octanol–water partition coefficient (Wildman–Crippen LogP) is 2.73. The third-order valence-corrected chi connectivity index (χ3v) is 4.02. The summed E-state index contributed by atoms with van der Waals surface area (Å²) >= 11 is 0. The highest BCUT2D eigenvalue weighted by atomic mass is 15.0. The number of benzene rings is 1. The largest absolute Gasteiger partial charge is 0.349 e. The van der Waals surface area contributed by atoms with Gasteiger partial charge < -0.3 is 10.3 Å². The summed E-state index contributed by atoms with van der Waals surface area (Å²) in [6, 6.07) is 11.4. The minimum absolute atomic E-state index is 0.529. The van der Waals surface area contributed by atoms with Crippen molar-refractivity contribution >= 4 is 0 Å². The van der Waals surface area contributed by atoms with E-state index >= 15 is 0 Å². The second-order valence-corrected chi connectivity index (χ2v) is 5.32. The van der Waals surface area contributed by atoms with E-state index in [2.05, 4.69) is 52.5 Å². The molecule has 19 heavy (non-hydrogen) atoms. The molecule has 0 aliphatic heterocycles. The first-order valence-corrected chi connectivity index (χ1v) is 7.15. The molecule has 1 aromatic carbocycles. The molecule has 3 heteroatoms. The fourth-order valence-electron chi connectivity index (χ4n) is 3.00. The fourth-order valence-corrected chi connectivity index (χ4v) is 3.00. The third-order valence-electron chi connectivity index (χ3n) is 4.02. The highest BCUT2D eigenvalue weighted by molar-refractivity contribution is 5.27. The lowest BCUT2D eigenvalue weighted by molar-refractivity contribution is 0.457. The number of likely N-dealkylation sites (N-methyl/N-ethyl adjacent to an activating group) is 1. The van der Waals surface area contributed by atoms with Crippen molar-refractivity contribution in [2.75, 3.05) is 6.54 Å². The molecule has 3 unspecified atom stereocenters. The number of hydrogen-bond donors (Lipinski definition) is 2. The van der Waals surface area contributed by atoms with Crippen LogP contribution < -0.4 is 5.32 Å². The molecule has 1 heterocycles. The summed E-state index contributed by atoms with van der Waals surface area (Å²) in [7, 11) is 0. The van der Waals surface area contributed by atoms with Gasteiger partial charge in [0.1, 0.15) is 5.82 Å². The first-order chi connectivity index (χ1) is 9.38. The highest BCUT2D eigenvalue weighted by Gasteiger charge is 2.43. The van der Waals surface area contributed by atoms with Crippen LogP contribution in [0.2, 0.25) is 0 Å². The summed E-state index contributed by atoms with van der Waals surface area (Å²) in [6.07, 6.45) is 6.02. The predicted molar refractivity (Wildman–Crippen MR) is 77.0 cm³/mol. The summed E-state index contributed by atoms with van der Waals surface area (Å²) in [5, 5.41) is 3.62. The third kappa shape index (κ3) is 2.87. The maximum atomic E-state index is 4.35. The Labute approximate surface area is 114 Å². The number of H-pyrrole nitrogens is 1. The lowest BCUT2D eigenvalue weighted by Crippen LogP contribution is -2.33. The van der Waals surface area contributed by atoms with Crippen molar-refractivity contribution < 1.29 is 0 Å². The number of rotatable bonds is 6. The summed E-state index contributed by atoms with van der Waals surface area (Å²) in [5.41, 5.74) is 1.48. The van der Waals surface area contributed by atoms with Crippen LogP contribution in [0.5, 0.6) is 0 Å². The Morgan fingerprint density at radius 2 is 2.21 bits per heavy atom. The second-order valence-electron chi connectivity index (χ2n) is 5.32. The van der Waals surface area contributed by atoms with Gasteiger partial charge in [0.25, 0.3) is 0 Å². The molecule has 3 rings (SSSR count). The molecule has 1 saturated carbocycles. The van der Waals surface area contributed by atoms with Crippen molar-refractivity contribution in [3.05, 3.63) is 54.1 Å². The van der Waals surface area contributed by atoms with Gasteiger partial charge in [-0.1, -0.05) is 37.3 Å². The Morgan fingerprint density at radius 1 is 1.37 bits per heavy atom. The Hall–Kier alpha value is -1.61. The van der Waals surface area contributed by atoms with Crippen LogP contribution in [0.15, 0.2) is 42.7 Å². The van der Waals surface area contributed by atoms with Gasteiger partial charge in [-0.25, -0.2) is 4.98 Å². The molecule has 0 radical (unpaired) electrons. The summed E-state index contributed by atoms with van der Waals surface area (Å²) in [6.45, 7) is 3.19. The first-order valence-electron chi connectivity index (χ1n) is 7.15. The van der Waals surface area contributed by atoms with Crippen molar-refractivity contribution in [2.24, 2.45) is 5.92 Å². The van der Waals surface area contributed by atoms with Gasteiger partial charge in [-0.3, -0.25) is 0 Å². The maximum Gasteiger partial charge on any atom is 0.107 e. The number of aromatic nitrogens is 2. The zero-order valence-corrected chi connectivity index (χ0v) is 11.3. The molecule has 1 aliphatic carbocycles. The van der Waals surface area contributed by atoms with Crippen molar-refractivity contribution in [3.63, 3.8) is 0 Å². The van der Waals surface area contributed by atoms with Crippen molar-refractivity contribution in [3.8, 4) is 0 Å². The van der Waals surface area contributed by atoms with Crippen molar-refractivity contribution in [1.29, 1.82) is 0 Å². The van der Waals surface area contributed by atoms with Crippen LogP contribution in [0.25, 0.3) is 0 Å². The summed E-state index contributed by atoms with van der Waals surface area (Å²) in [4.78, 5) is 7.56. The second kappa shape index (κ2) is 5.57. The van der Waals surface area contributed by atoms with E-state index in [4.69, 9.17) is 0 Å². The van der Waals surface area contributed by atoms with Crippen molar-refractivity contribution in [1.82, 2.24) is 15.3 Å². The molecule has 3 nitrogen and oxygen atoms in total. The van der Waals surface area contributed by atoms with Crippen LogP contribution in [-0.4, -0.2) is 22.6 Å². The molecular formula is C16H21N3. The average molecular weight is 255 g/mol. The molecule has 3 atom stereocenters. The van der Waals surface area contributed by atoms with E-state index in [-0.39, 0.29) is 0 Å². The van der Waals surface area contributed by atoms with Gasteiger partial charge in [-0.15, -0.1) is 0 Å². The van der Waals surface area contributed by atoms with Gasteiger partial charge in [-0.2, -0.15) is 0 Å². The molecule has 100 valence electrons. The Balaban J connectivity index is 1.66. The number of nitrogens with one attached hydrogen (secondary N) is 2. The molecule has 2 aromatic rings. The monoisotopic (exact) mass is 255 g/mol. The van der Waals surface area contributed by atoms with Crippen LogP contribution in [0.4, 0.5) is 0 Å². The standard InChI is InChI=1S/C16H21N3/c1-2-17-15(11-16-18-8-9-19-16)14-10-13(14)12-6-4-3-5-7-12/h3-9,13-15,17H,2,10-11H2,1H3,(H,18,19). The number of imidazole rings is 1. The van der Waals surface area contributed by atoms with E-state index in [1.54, 1.807) is 0 Å². The lowest BCUT2D eigenvalue weighted by Gasteiger charge is -2.17. The van der Waals surface area contributed by atoms with E-state index < -0.39 is 0 Å². The maximum absolute atomic E-state index is 4.35. The zero-order chi connectivity index (χ0) is 13.1. The lowest BCUT2D eigenvalue weighted by atomic mass is 10.0. The minimum Gasteiger partial charge on any atom is -0.349 e. The van der Waals surface area contributed by atoms with Gasteiger partial charge in [0, 0.05) is 24.9 Å². The smallest absolute Gasteiger partial charge is 0.107 e. The molecule has 2 N–H and O–H groups in total. The van der Waals surface area contributed by atoms with Crippen LogP contribution in [-0.2, 0) is 6.42 Å². The molecule has 0 amide bonds. The molecule has 0 saturated heterocycles. The van der Waals surface area contributed by atoms with Gasteiger partial charge in [0.15, 0.2) is 0 Å². The molecule has 1 fully saturated rings. The first kappa shape index (κ1) is 12.4. The Bertz CT molecular complexity index is 492. The number of aromatic amines is 1. The fraction of sp³-hybridized carbons (Fsp3) is 0.438. The van der Waals surface area contributed by atoms with Crippen molar-refractivity contribution in [2.45, 2.75) is 31.7 Å². The van der Waals surface area contributed by atoms with E-state index in [0.29, 0.717) is 6.04 Å². The normalized spacial score (nSPS) is 23.2. The molecule has 0 bridgehead atoms. The van der Waals surface area contributed by atoms with Crippen LogP contribution >= 0.6 is 0 Å². The average Bonchev–Trinajstić information content (AvgIpc) is 3.09. The topological polar surface area (TPSA) is 40.7 Å². The van der Waals surface area contributed by atoms with Gasteiger partial charge in [0.05, 0.1) is 0 Å². The Kier molecular flexibility index (Phi) is 3.65. The highest BCUT2D eigenvalue weighted by Crippen LogP contribution is 2.49. The summed E-state index contributed by atoms with van der Waals surface area (Å²) < 4.78 is 0. The van der Waals surface area contributed by atoms with Crippen LogP contribution in [0.1, 0.15) is 30.7 Å². The number of hydrogen-bond acceptors (Lipinski definition) is 2. The van der Waals surface area contributed by atoms with Gasteiger partial charge >= 0.3 is 0 Å². The molecule has 1 aromatic heterocycles. The van der Waals surface area contributed by atoms with Gasteiger partial charge in [-0.05, 0) is 30.4 Å². The zero-order valence-electron chi connectivity index (χ0n) is 11.3. The molecule has 1 aliphatic rings.